The number of hydrogen-bond acceptors (Lipinski definition) is 8. The number of aromatic hydroxyl groups is 1. The molecule has 2 aromatic rings. The molecule has 0 spiro atoms. The normalized spacial score (nSPS) is 12.3. The number of carbonyl (C=O) groups is 5. The van der Waals surface area contributed by atoms with Crippen LogP contribution in [0.3, 0.4) is 0 Å². The molecule has 9 nitrogen and oxygen atoms in total. The zero-order valence-electron chi connectivity index (χ0n) is 20.1. The first-order valence-corrected chi connectivity index (χ1v) is 11.0. The molecule has 0 aromatic heterocycles. The van der Waals surface area contributed by atoms with Crippen LogP contribution in [0.25, 0.3) is 0 Å². The maximum absolute atomic E-state index is 11.6. The molecule has 9 heteroatoms. The van der Waals surface area contributed by atoms with E-state index in [1.165, 1.54) is 12.1 Å². The smallest absolute Gasteiger partial charge is 0.508 e. The maximum atomic E-state index is 11.6. The van der Waals surface area contributed by atoms with Gasteiger partial charge in [0.1, 0.15) is 11.5 Å². The Labute approximate surface area is 208 Å². The van der Waals surface area contributed by atoms with Crippen molar-refractivity contribution in [3.63, 3.8) is 0 Å². The molecule has 36 heavy (non-hydrogen) atoms. The molecule has 0 radical (unpaired) electrons. The van der Waals surface area contributed by atoms with Crippen LogP contribution in [0.1, 0.15) is 37.8 Å². The first-order valence-electron chi connectivity index (χ1n) is 11.0. The molecular formula is C27H27NO8. The Morgan fingerprint density at radius 1 is 0.806 bits per heavy atom. The number of hydrogen-bond donors (Lipinski definition) is 1. The Morgan fingerprint density at radius 3 is 1.64 bits per heavy atom. The highest BCUT2D eigenvalue weighted by atomic mass is 16.8. The summed E-state index contributed by atoms with van der Waals surface area (Å²) < 4.78 is 4.87. The SMILES string of the molecule is C=C(C)C(=O)Cc1ccc(O)cc1.C=C(C)C(=O)Cc1ccc(OC(=O)ON2C(=O)CCC2=O)cc1. The molecule has 2 aromatic carbocycles. The van der Waals surface area contributed by atoms with Gasteiger partial charge in [0.15, 0.2) is 11.6 Å². The predicted molar refractivity (Wildman–Crippen MR) is 130 cm³/mol. The lowest BCUT2D eigenvalue weighted by atomic mass is 10.1. The van der Waals surface area contributed by atoms with Gasteiger partial charge in [-0.3, -0.25) is 24.0 Å². The van der Waals surface area contributed by atoms with E-state index in [2.05, 4.69) is 18.0 Å². The molecule has 1 saturated heterocycles. The second-order valence-electron chi connectivity index (χ2n) is 8.10. The van der Waals surface area contributed by atoms with Gasteiger partial charge in [0.05, 0.1) is 0 Å². The molecule has 1 aliphatic heterocycles. The molecule has 188 valence electrons. The number of ketones is 2. The van der Waals surface area contributed by atoms with Crippen molar-refractivity contribution in [2.45, 2.75) is 39.5 Å². The van der Waals surface area contributed by atoms with E-state index in [0.717, 1.165) is 11.1 Å². The summed E-state index contributed by atoms with van der Waals surface area (Å²) in [4.78, 5) is 61.5. The fourth-order valence-corrected chi connectivity index (χ4v) is 2.81. The summed E-state index contributed by atoms with van der Waals surface area (Å²) >= 11 is 0. The number of rotatable bonds is 8. The molecule has 1 aliphatic rings. The van der Waals surface area contributed by atoms with Crippen LogP contribution in [0.15, 0.2) is 72.8 Å². The van der Waals surface area contributed by atoms with Gasteiger partial charge in [0, 0.05) is 25.7 Å². The predicted octanol–water partition coefficient (Wildman–Crippen LogP) is 4.03. The molecule has 0 aliphatic carbocycles. The van der Waals surface area contributed by atoms with Gasteiger partial charge >= 0.3 is 6.16 Å². The van der Waals surface area contributed by atoms with E-state index in [-0.39, 0.29) is 42.3 Å². The molecule has 0 bridgehead atoms. The molecule has 3 rings (SSSR count). The Hall–Kier alpha value is -4.53. The van der Waals surface area contributed by atoms with E-state index < -0.39 is 18.0 Å². The van der Waals surface area contributed by atoms with Crippen LogP contribution in [0.4, 0.5) is 4.79 Å². The van der Waals surface area contributed by atoms with Gasteiger partial charge in [0.2, 0.25) is 0 Å². The van der Waals surface area contributed by atoms with Gasteiger partial charge in [-0.2, -0.15) is 0 Å². The fraction of sp³-hybridized carbons (Fsp3) is 0.222. The largest absolute Gasteiger partial charge is 0.539 e. The minimum atomic E-state index is -1.18. The highest BCUT2D eigenvalue weighted by Crippen LogP contribution is 2.17. The summed E-state index contributed by atoms with van der Waals surface area (Å²) in [6, 6.07) is 12.8. The topological polar surface area (TPSA) is 127 Å². The lowest BCUT2D eigenvalue weighted by Gasteiger charge is -2.12. The minimum absolute atomic E-state index is 0.0115. The van der Waals surface area contributed by atoms with Crippen LogP contribution < -0.4 is 4.74 Å². The Morgan fingerprint density at radius 2 is 1.22 bits per heavy atom. The van der Waals surface area contributed by atoms with Crippen LogP contribution >= 0.6 is 0 Å². The van der Waals surface area contributed by atoms with Crippen molar-refractivity contribution < 1.29 is 38.7 Å². The number of ether oxygens (including phenoxy) is 1. The lowest BCUT2D eigenvalue weighted by molar-refractivity contribution is -0.174. The van der Waals surface area contributed by atoms with E-state index in [1.54, 1.807) is 50.2 Å². The number of allylic oxidation sites excluding steroid dienone is 2. The second-order valence-corrected chi connectivity index (χ2v) is 8.10. The molecule has 0 saturated carbocycles. The van der Waals surface area contributed by atoms with Crippen molar-refractivity contribution >= 4 is 29.5 Å². The molecule has 1 fully saturated rings. The summed E-state index contributed by atoms with van der Waals surface area (Å²) in [6.07, 6.45) is -0.596. The number of carbonyl (C=O) groups excluding carboxylic acids is 5. The molecule has 0 atom stereocenters. The standard InChI is InChI=1S/C16H15NO6.C11H12O2/c1-10(2)13(18)9-11-3-5-12(6-4-11)22-16(21)23-17-14(19)7-8-15(17)20;1-8(2)11(13)7-9-3-5-10(12)6-4-9/h3-6H,1,7-9H2,2H3;3-6,12H,1,7H2,2H3. The number of phenolic OH excluding ortho intramolecular Hbond substituents is 1. The minimum Gasteiger partial charge on any atom is -0.508 e. The second kappa shape index (κ2) is 12.8. The first-order chi connectivity index (χ1) is 17.0. The summed E-state index contributed by atoms with van der Waals surface area (Å²) in [6.45, 7) is 10.5. The van der Waals surface area contributed by atoms with Gasteiger partial charge in [-0.05, 0) is 60.4 Å². The van der Waals surface area contributed by atoms with E-state index in [4.69, 9.17) is 9.84 Å². The van der Waals surface area contributed by atoms with Crippen LogP contribution in [-0.4, -0.2) is 39.7 Å². The van der Waals surface area contributed by atoms with Crippen molar-refractivity contribution in [3.8, 4) is 11.5 Å². The Bertz CT molecular complexity index is 1160. The van der Waals surface area contributed by atoms with Crippen LogP contribution in [-0.2, 0) is 36.9 Å². The molecule has 2 amide bonds. The fourth-order valence-electron chi connectivity index (χ4n) is 2.81. The third kappa shape index (κ3) is 8.68. The van der Waals surface area contributed by atoms with Crippen LogP contribution in [0.2, 0.25) is 0 Å². The Kier molecular flexibility index (Phi) is 9.85. The lowest BCUT2D eigenvalue weighted by Crippen LogP contribution is -2.33. The first kappa shape index (κ1) is 27.7. The number of hydroxylamine groups is 2. The summed E-state index contributed by atoms with van der Waals surface area (Å²) in [7, 11) is 0. The van der Waals surface area contributed by atoms with Gasteiger partial charge < -0.3 is 9.84 Å². The van der Waals surface area contributed by atoms with E-state index in [0.29, 0.717) is 22.6 Å². The number of nitrogens with zero attached hydrogens (tertiary/aromatic N) is 1. The van der Waals surface area contributed by atoms with Crippen molar-refractivity contribution in [2.75, 3.05) is 0 Å². The molecule has 1 heterocycles. The number of phenols is 1. The molecular weight excluding hydrogens is 466 g/mol. The van der Waals surface area contributed by atoms with E-state index in [1.807, 2.05) is 0 Å². The number of imide groups is 1. The average Bonchev–Trinajstić information content (AvgIpc) is 3.14. The monoisotopic (exact) mass is 493 g/mol. The summed E-state index contributed by atoms with van der Waals surface area (Å²) in [5.41, 5.74) is 2.66. The number of Topliss-reactive ketones (excluding diaryl/α,β-unsaturated/α-hetero) is 2. The quantitative estimate of drug-likeness (QED) is 0.253. The van der Waals surface area contributed by atoms with E-state index in [9.17, 15) is 24.0 Å². The Balaban J connectivity index is 0.000000297. The average molecular weight is 494 g/mol. The molecule has 0 unspecified atom stereocenters. The highest BCUT2D eigenvalue weighted by molar-refractivity contribution is 6.01. The van der Waals surface area contributed by atoms with Crippen molar-refractivity contribution in [1.82, 2.24) is 5.06 Å². The van der Waals surface area contributed by atoms with Crippen molar-refractivity contribution in [2.24, 2.45) is 0 Å². The van der Waals surface area contributed by atoms with Crippen molar-refractivity contribution in [3.05, 3.63) is 84.0 Å². The third-order valence-electron chi connectivity index (χ3n) is 4.91. The van der Waals surface area contributed by atoms with Gasteiger partial charge in [-0.1, -0.05) is 42.5 Å². The zero-order chi connectivity index (χ0) is 26.8. The highest BCUT2D eigenvalue weighted by Gasteiger charge is 2.33. The van der Waals surface area contributed by atoms with Gasteiger partial charge in [-0.25, -0.2) is 4.79 Å². The van der Waals surface area contributed by atoms with Crippen molar-refractivity contribution in [1.29, 1.82) is 0 Å². The van der Waals surface area contributed by atoms with Crippen LogP contribution in [0.5, 0.6) is 11.5 Å². The maximum Gasteiger partial charge on any atom is 0.539 e. The summed E-state index contributed by atoms with van der Waals surface area (Å²) in [5, 5.41) is 9.40. The van der Waals surface area contributed by atoms with Gasteiger partial charge in [-0.15, -0.1) is 0 Å². The molecule has 1 N–H and O–H groups in total. The number of benzene rings is 2. The summed E-state index contributed by atoms with van der Waals surface area (Å²) in [5.74, 6) is -0.830. The van der Waals surface area contributed by atoms with Crippen LogP contribution in [0, 0.1) is 0 Å². The zero-order valence-corrected chi connectivity index (χ0v) is 20.1. The van der Waals surface area contributed by atoms with E-state index >= 15 is 0 Å². The van der Waals surface area contributed by atoms with Gasteiger partial charge in [0.25, 0.3) is 11.8 Å². The number of amides is 2. The third-order valence-corrected chi connectivity index (χ3v) is 4.91.